The third-order valence-electron chi connectivity index (χ3n) is 4.45. The zero-order valence-electron chi connectivity index (χ0n) is 14.0. The maximum absolute atomic E-state index is 5.81. The van der Waals surface area contributed by atoms with Crippen LogP contribution in [0.2, 0.25) is 0 Å². The van der Waals surface area contributed by atoms with Crippen LogP contribution in [0.15, 0.2) is 59.1 Å². The fraction of sp³-hybridized carbons (Fsp3) is 0.316. The number of benzene rings is 1. The van der Waals surface area contributed by atoms with E-state index in [9.17, 15) is 0 Å². The Balaban J connectivity index is 1.29. The van der Waals surface area contributed by atoms with E-state index in [0.29, 0.717) is 24.2 Å². The van der Waals surface area contributed by atoms with Gasteiger partial charge in [0.2, 0.25) is 11.8 Å². The maximum Gasteiger partial charge on any atom is 0.247 e. The summed E-state index contributed by atoms with van der Waals surface area (Å²) >= 11 is 0. The number of rotatable bonds is 6. The Bertz CT molecular complexity index is 790. The Hall–Kier alpha value is -2.73. The zero-order chi connectivity index (χ0) is 16.9. The average molecular weight is 335 g/mol. The van der Waals surface area contributed by atoms with Crippen LogP contribution in [0.4, 0.5) is 5.82 Å². The van der Waals surface area contributed by atoms with Gasteiger partial charge in [0.1, 0.15) is 5.82 Å². The molecular weight excluding hydrogens is 314 g/mol. The van der Waals surface area contributed by atoms with Crippen LogP contribution in [0.5, 0.6) is 0 Å². The van der Waals surface area contributed by atoms with Gasteiger partial charge in [-0.05, 0) is 43.1 Å². The molecule has 1 fully saturated rings. The largest absolute Gasteiger partial charge is 0.419 e. The number of nitrogens with zero attached hydrogens (tertiary/aromatic N) is 4. The van der Waals surface area contributed by atoms with Gasteiger partial charge in [0.25, 0.3) is 0 Å². The highest BCUT2D eigenvalue weighted by molar-refractivity contribution is 5.51. The summed E-state index contributed by atoms with van der Waals surface area (Å²) in [7, 11) is 0. The molecule has 4 rings (SSSR count). The van der Waals surface area contributed by atoms with Gasteiger partial charge in [0.05, 0.1) is 6.54 Å². The highest BCUT2D eigenvalue weighted by Crippen LogP contribution is 2.21. The van der Waals surface area contributed by atoms with E-state index in [4.69, 9.17) is 4.42 Å². The quantitative estimate of drug-likeness (QED) is 0.747. The molecule has 1 N–H and O–H groups in total. The molecule has 0 radical (unpaired) electrons. The first kappa shape index (κ1) is 15.8. The van der Waals surface area contributed by atoms with E-state index in [-0.39, 0.29) is 0 Å². The minimum atomic E-state index is 0.586. The van der Waals surface area contributed by atoms with Gasteiger partial charge in [0.15, 0.2) is 0 Å². The fourth-order valence-corrected chi connectivity index (χ4v) is 3.15. The van der Waals surface area contributed by atoms with Crippen LogP contribution >= 0.6 is 0 Å². The molecule has 25 heavy (non-hydrogen) atoms. The molecule has 0 spiro atoms. The first-order valence-electron chi connectivity index (χ1n) is 8.62. The second-order valence-corrected chi connectivity index (χ2v) is 6.35. The second kappa shape index (κ2) is 7.44. The van der Waals surface area contributed by atoms with Gasteiger partial charge in [0, 0.05) is 24.8 Å². The number of likely N-dealkylation sites (tertiary alicyclic amines) is 1. The minimum Gasteiger partial charge on any atom is -0.419 e. The van der Waals surface area contributed by atoms with Crippen molar-refractivity contribution in [3.63, 3.8) is 0 Å². The van der Waals surface area contributed by atoms with E-state index in [2.05, 4.69) is 25.4 Å². The van der Waals surface area contributed by atoms with Crippen molar-refractivity contribution < 1.29 is 4.42 Å². The van der Waals surface area contributed by atoms with Crippen molar-refractivity contribution in [2.45, 2.75) is 13.0 Å². The number of pyridine rings is 1. The van der Waals surface area contributed by atoms with E-state index in [0.717, 1.165) is 31.0 Å². The number of anilines is 1. The zero-order valence-corrected chi connectivity index (χ0v) is 14.0. The van der Waals surface area contributed by atoms with Crippen molar-refractivity contribution in [1.82, 2.24) is 20.1 Å². The predicted molar refractivity (Wildman–Crippen MR) is 95.8 cm³/mol. The summed E-state index contributed by atoms with van der Waals surface area (Å²) in [6.45, 7) is 3.73. The van der Waals surface area contributed by atoms with Gasteiger partial charge in [-0.2, -0.15) is 0 Å². The monoisotopic (exact) mass is 335 g/mol. The Morgan fingerprint density at radius 2 is 1.96 bits per heavy atom. The lowest BCUT2D eigenvalue weighted by Crippen LogP contribution is -2.23. The van der Waals surface area contributed by atoms with E-state index in [1.54, 1.807) is 0 Å². The SMILES string of the molecule is c1ccc(-c2nnc(CN3CC[C@H](CNc4ccccn4)C3)o2)cc1. The number of aromatic nitrogens is 3. The van der Waals surface area contributed by atoms with E-state index >= 15 is 0 Å². The third kappa shape index (κ3) is 4.03. The summed E-state index contributed by atoms with van der Waals surface area (Å²) in [6.07, 6.45) is 2.97. The van der Waals surface area contributed by atoms with Crippen molar-refractivity contribution in [1.29, 1.82) is 0 Å². The first-order valence-corrected chi connectivity index (χ1v) is 8.62. The van der Waals surface area contributed by atoms with Gasteiger partial charge in [-0.3, -0.25) is 4.90 Å². The van der Waals surface area contributed by atoms with Crippen LogP contribution in [0.1, 0.15) is 12.3 Å². The van der Waals surface area contributed by atoms with Gasteiger partial charge < -0.3 is 9.73 Å². The molecule has 0 saturated carbocycles. The molecule has 0 aliphatic carbocycles. The number of nitrogens with one attached hydrogen (secondary N) is 1. The molecule has 6 nitrogen and oxygen atoms in total. The molecule has 0 bridgehead atoms. The Morgan fingerprint density at radius 1 is 1.08 bits per heavy atom. The molecule has 128 valence electrons. The van der Waals surface area contributed by atoms with Crippen molar-refractivity contribution in [3.8, 4) is 11.5 Å². The van der Waals surface area contributed by atoms with Crippen LogP contribution in [0.3, 0.4) is 0 Å². The summed E-state index contributed by atoms with van der Waals surface area (Å²) in [5.74, 6) is 2.81. The second-order valence-electron chi connectivity index (χ2n) is 6.35. The summed E-state index contributed by atoms with van der Waals surface area (Å²) in [5, 5.41) is 11.8. The normalized spacial score (nSPS) is 17.7. The molecule has 1 saturated heterocycles. The van der Waals surface area contributed by atoms with Crippen LogP contribution in [-0.4, -0.2) is 39.7 Å². The average Bonchev–Trinajstić information content (AvgIpc) is 3.32. The standard InChI is InChI=1S/C19H21N5O/c1-2-6-16(7-3-1)19-23-22-18(25-19)14-24-11-9-15(13-24)12-21-17-8-4-5-10-20-17/h1-8,10,15H,9,11-14H2,(H,20,21)/t15-/m1/s1. The molecule has 0 amide bonds. The molecule has 6 heteroatoms. The lowest BCUT2D eigenvalue weighted by atomic mass is 10.1. The molecule has 0 unspecified atom stereocenters. The smallest absolute Gasteiger partial charge is 0.247 e. The molecule has 1 aliphatic heterocycles. The Kier molecular flexibility index (Phi) is 4.70. The fourth-order valence-electron chi connectivity index (χ4n) is 3.15. The van der Waals surface area contributed by atoms with Crippen LogP contribution in [-0.2, 0) is 6.54 Å². The highest BCUT2D eigenvalue weighted by atomic mass is 16.4. The van der Waals surface area contributed by atoms with E-state index in [1.807, 2.05) is 54.7 Å². The molecule has 1 aliphatic rings. The van der Waals surface area contributed by atoms with Gasteiger partial charge in [-0.1, -0.05) is 24.3 Å². The molecule has 3 aromatic rings. The third-order valence-corrected chi connectivity index (χ3v) is 4.45. The molecule has 3 heterocycles. The van der Waals surface area contributed by atoms with Crippen molar-refractivity contribution in [3.05, 3.63) is 60.6 Å². The van der Waals surface area contributed by atoms with Crippen LogP contribution < -0.4 is 5.32 Å². The number of hydrogen-bond acceptors (Lipinski definition) is 6. The molecular formula is C19H21N5O. The van der Waals surface area contributed by atoms with Crippen molar-refractivity contribution >= 4 is 5.82 Å². The maximum atomic E-state index is 5.81. The lowest BCUT2D eigenvalue weighted by molar-refractivity contribution is 0.283. The van der Waals surface area contributed by atoms with Crippen molar-refractivity contribution in [2.24, 2.45) is 5.92 Å². The molecule has 1 aromatic carbocycles. The summed E-state index contributed by atoms with van der Waals surface area (Å²) < 4.78 is 5.81. The highest BCUT2D eigenvalue weighted by Gasteiger charge is 2.24. The summed E-state index contributed by atoms with van der Waals surface area (Å²) in [5.41, 5.74) is 0.958. The van der Waals surface area contributed by atoms with Crippen molar-refractivity contribution in [2.75, 3.05) is 25.0 Å². The van der Waals surface area contributed by atoms with Crippen LogP contribution in [0, 0.1) is 5.92 Å². The molecule has 1 atom stereocenters. The summed E-state index contributed by atoms with van der Waals surface area (Å²) in [6, 6.07) is 15.8. The molecule has 2 aromatic heterocycles. The Morgan fingerprint density at radius 3 is 2.80 bits per heavy atom. The van der Waals surface area contributed by atoms with E-state index in [1.165, 1.54) is 6.42 Å². The van der Waals surface area contributed by atoms with Gasteiger partial charge in [-0.25, -0.2) is 4.98 Å². The topological polar surface area (TPSA) is 67.1 Å². The van der Waals surface area contributed by atoms with Crippen LogP contribution in [0.25, 0.3) is 11.5 Å². The van der Waals surface area contributed by atoms with Gasteiger partial charge >= 0.3 is 0 Å². The lowest BCUT2D eigenvalue weighted by Gasteiger charge is -2.14. The Labute approximate surface area is 146 Å². The summed E-state index contributed by atoms with van der Waals surface area (Å²) in [4.78, 5) is 6.67. The predicted octanol–water partition coefficient (Wildman–Crippen LogP) is 3.07. The minimum absolute atomic E-state index is 0.586. The van der Waals surface area contributed by atoms with E-state index < -0.39 is 0 Å². The number of hydrogen-bond donors (Lipinski definition) is 1. The first-order chi connectivity index (χ1) is 12.4. The van der Waals surface area contributed by atoms with Gasteiger partial charge in [-0.15, -0.1) is 10.2 Å².